The van der Waals surface area contributed by atoms with Gasteiger partial charge in [-0.1, -0.05) is 50.2 Å². The first kappa shape index (κ1) is 24.1. The Labute approximate surface area is 185 Å². The third kappa shape index (κ3) is 9.00. The quantitative estimate of drug-likeness (QED) is 0.485. The van der Waals surface area contributed by atoms with Crippen molar-refractivity contribution in [3.05, 3.63) is 58.3 Å². The number of thiophene rings is 1. The number of esters is 1. The van der Waals surface area contributed by atoms with Crippen LogP contribution in [0.2, 0.25) is 0 Å². The fraction of sp³-hybridized carbons (Fsp3) is 0.364. The average Bonchev–Trinajstić information content (AvgIpc) is 3.24. The molecule has 166 valence electrons. The van der Waals surface area contributed by atoms with Gasteiger partial charge < -0.3 is 15.4 Å². The second kappa shape index (κ2) is 12.5. The molecular weight excluding hydrogens is 418 g/mol. The molecule has 0 fully saturated rings. The minimum atomic E-state index is -0.899. The highest BCUT2D eigenvalue weighted by atomic mass is 32.1. The van der Waals surface area contributed by atoms with Crippen molar-refractivity contribution in [2.24, 2.45) is 5.92 Å². The van der Waals surface area contributed by atoms with E-state index in [1.165, 1.54) is 0 Å². The van der Waals surface area contributed by atoms with Crippen LogP contribution < -0.4 is 16.0 Å². The first-order chi connectivity index (χ1) is 14.8. The maximum absolute atomic E-state index is 12.3. The van der Waals surface area contributed by atoms with Crippen molar-refractivity contribution < 1.29 is 23.9 Å². The standard InChI is InChI=1S/C22H27N3O5S/c1-15(2)20(24-18(26)13-16-7-4-3-5-8-16)21(28)30-14-19(27)25-22(29)23-11-10-17-9-6-12-31-17/h3-9,12,15,20H,10-11,13-14H2,1-2H3,(H,24,26)(H2,23,25,27,29)/t20-/m0/s1. The minimum Gasteiger partial charge on any atom is -0.454 e. The zero-order valence-electron chi connectivity index (χ0n) is 17.6. The molecule has 2 aromatic rings. The third-order valence-electron chi connectivity index (χ3n) is 4.28. The van der Waals surface area contributed by atoms with E-state index in [0.29, 0.717) is 13.0 Å². The molecule has 9 heteroatoms. The summed E-state index contributed by atoms with van der Waals surface area (Å²) in [5, 5.41) is 9.27. The van der Waals surface area contributed by atoms with E-state index >= 15 is 0 Å². The molecule has 0 saturated carbocycles. The van der Waals surface area contributed by atoms with E-state index in [9.17, 15) is 19.2 Å². The van der Waals surface area contributed by atoms with Gasteiger partial charge in [-0.25, -0.2) is 9.59 Å². The number of urea groups is 1. The Morgan fingerprint density at radius 3 is 2.39 bits per heavy atom. The largest absolute Gasteiger partial charge is 0.454 e. The SMILES string of the molecule is CC(C)[C@H](NC(=O)Cc1ccccc1)C(=O)OCC(=O)NC(=O)NCCc1cccs1. The van der Waals surface area contributed by atoms with Crippen molar-refractivity contribution in [3.63, 3.8) is 0 Å². The number of amides is 4. The monoisotopic (exact) mass is 445 g/mol. The predicted molar refractivity (Wildman–Crippen MR) is 117 cm³/mol. The van der Waals surface area contributed by atoms with Crippen LogP contribution in [0.25, 0.3) is 0 Å². The Hall–Kier alpha value is -3.20. The van der Waals surface area contributed by atoms with Gasteiger partial charge in [-0.15, -0.1) is 11.3 Å². The number of carbonyl (C=O) groups excluding carboxylic acids is 4. The van der Waals surface area contributed by atoms with Gasteiger partial charge in [-0.2, -0.15) is 0 Å². The highest BCUT2D eigenvalue weighted by molar-refractivity contribution is 7.09. The lowest BCUT2D eigenvalue weighted by molar-refractivity contribution is -0.152. The van der Waals surface area contributed by atoms with Crippen LogP contribution >= 0.6 is 11.3 Å². The molecule has 3 N–H and O–H groups in total. The summed E-state index contributed by atoms with van der Waals surface area (Å²) in [5.41, 5.74) is 0.820. The van der Waals surface area contributed by atoms with Crippen LogP contribution in [0.1, 0.15) is 24.3 Å². The predicted octanol–water partition coefficient (Wildman–Crippen LogP) is 2.04. The van der Waals surface area contributed by atoms with Gasteiger partial charge in [-0.3, -0.25) is 14.9 Å². The van der Waals surface area contributed by atoms with Crippen LogP contribution in [0, 0.1) is 5.92 Å². The summed E-state index contributed by atoms with van der Waals surface area (Å²) in [6.45, 7) is 3.28. The molecule has 4 amide bonds. The van der Waals surface area contributed by atoms with Crippen LogP contribution in [-0.2, 0) is 32.0 Å². The molecule has 0 aliphatic rings. The van der Waals surface area contributed by atoms with E-state index < -0.39 is 30.6 Å². The molecule has 0 radical (unpaired) electrons. The van der Waals surface area contributed by atoms with Crippen molar-refractivity contribution in [2.75, 3.05) is 13.2 Å². The van der Waals surface area contributed by atoms with Crippen LogP contribution in [0.3, 0.4) is 0 Å². The Bertz CT molecular complexity index is 869. The molecule has 0 aliphatic heterocycles. The van der Waals surface area contributed by atoms with Crippen molar-refractivity contribution in [1.29, 1.82) is 0 Å². The Morgan fingerprint density at radius 1 is 1.00 bits per heavy atom. The molecule has 2 rings (SSSR count). The molecule has 31 heavy (non-hydrogen) atoms. The second-order valence-corrected chi connectivity index (χ2v) is 8.22. The lowest BCUT2D eigenvalue weighted by Crippen LogP contribution is -2.47. The van der Waals surface area contributed by atoms with Gasteiger partial charge in [-0.05, 0) is 29.3 Å². The zero-order chi connectivity index (χ0) is 22.6. The molecule has 0 unspecified atom stereocenters. The van der Waals surface area contributed by atoms with Gasteiger partial charge in [0.1, 0.15) is 6.04 Å². The number of benzene rings is 1. The summed E-state index contributed by atoms with van der Waals surface area (Å²) in [6.07, 6.45) is 0.788. The zero-order valence-corrected chi connectivity index (χ0v) is 18.4. The van der Waals surface area contributed by atoms with Crippen molar-refractivity contribution in [3.8, 4) is 0 Å². The maximum atomic E-state index is 12.3. The average molecular weight is 446 g/mol. The van der Waals surface area contributed by atoms with Crippen molar-refractivity contribution in [1.82, 2.24) is 16.0 Å². The van der Waals surface area contributed by atoms with Crippen LogP contribution in [0.5, 0.6) is 0 Å². The van der Waals surface area contributed by atoms with Crippen LogP contribution in [0.4, 0.5) is 4.79 Å². The number of hydrogen-bond acceptors (Lipinski definition) is 6. The second-order valence-electron chi connectivity index (χ2n) is 7.19. The first-order valence-corrected chi connectivity index (χ1v) is 10.8. The van der Waals surface area contributed by atoms with Crippen molar-refractivity contribution in [2.45, 2.75) is 32.7 Å². The normalized spacial score (nSPS) is 11.5. The van der Waals surface area contributed by atoms with Crippen LogP contribution in [-0.4, -0.2) is 43.0 Å². The number of imide groups is 1. The van der Waals surface area contributed by atoms with Gasteiger partial charge in [0, 0.05) is 11.4 Å². The Kier molecular flexibility index (Phi) is 9.70. The fourth-order valence-electron chi connectivity index (χ4n) is 2.69. The topological polar surface area (TPSA) is 114 Å². The maximum Gasteiger partial charge on any atom is 0.329 e. The molecule has 1 aromatic carbocycles. The lowest BCUT2D eigenvalue weighted by Gasteiger charge is -2.20. The van der Waals surface area contributed by atoms with E-state index in [1.54, 1.807) is 25.2 Å². The van der Waals surface area contributed by atoms with Crippen LogP contribution in [0.15, 0.2) is 47.8 Å². The molecule has 1 aromatic heterocycles. The molecule has 0 saturated heterocycles. The van der Waals surface area contributed by atoms with E-state index in [1.807, 2.05) is 47.8 Å². The highest BCUT2D eigenvalue weighted by Gasteiger charge is 2.26. The van der Waals surface area contributed by atoms with E-state index in [4.69, 9.17) is 4.74 Å². The molecule has 0 spiro atoms. The molecule has 0 bridgehead atoms. The number of carbonyl (C=O) groups is 4. The van der Waals surface area contributed by atoms with Gasteiger partial charge >= 0.3 is 12.0 Å². The summed E-state index contributed by atoms with van der Waals surface area (Å²) in [6, 6.07) is 11.5. The summed E-state index contributed by atoms with van der Waals surface area (Å²) < 4.78 is 5.00. The number of nitrogens with one attached hydrogen (secondary N) is 3. The van der Waals surface area contributed by atoms with Gasteiger partial charge in [0.15, 0.2) is 6.61 Å². The third-order valence-corrected chi connectivity index (χ3v) is 5.22. The number of hydrogen-bond donors (Lipinski definition) is 3. The number of rotatable bonds is 10. The minimum absolute atomic E-state index is 0.128. The molecule has 1 heterocycles. The molecule has 8 nitrogen and oxygen atoms in total. The summed E-state index contributed by atoms with van der Waals surface area (Å²) >= 11 is 1.58. The first-order valence-electron chi connectivity index (χ1n) is 9.95. The summed E-state index contributed by atoms with van der Waals surface area (Å²) in [4.78, 5) is 49.3. The van der Waals surface area contributed by atoms with E-state index in [0.717, 1.165) is 10.4 Å². The summed E-state index contributed by atoms with van der Waals surface area (Å²) in [7, 11) is 0. The van der Waals surface area contributed by atoms with Crippen molar-refractivity contribution >= 4 is 35.2 Å². The lowest BCUT2D eigenvalue weighted by atomic mass is 10.0. The van der Waals surface area contributed by atoms with Gasteiger partial charge in [0.2, 0.25) is 5.91 Å². The molecule has 0 aliphatic carbocycles. The fourth-order valence-corrected chi connectivity index (χ4v) is 3.40. The Balaban J connectivity index is 1.72. The number of ether oxygens (including phenoxy) is 1. The molecular formula is C22H27N3O5S. The van der Waals surface area contributed by atoms with Gasteiger partial charge in [0.25, 0.3) is 5.91 Å². The summed E-state index contributed by atoms with van der Waals surface area (Å²) in [5.74, 6) is -2.04. The van der Waals surface area contributed by atoms with E-state index in [-0.39, 0.29) is 18.2 Å². The van der Waals surface area contributed by atoms with Gasteiger partial charge in [0.05, 0.1) is 6.42 Å². The van der Waals surface area contributed by atoms with E-state index in [2.05, 4.69) is 16.0 Å². The highest BCUT2D eigenvalue weighted by Crippen LogP contribution is 2.08. The molecule has 1 atom stereocenters. The Morgan fingerprint density at radius 2 is 1.74 bits per heavy atom. The smallest absolute Gasteiger partial charge is 0.329 e.